The van der Waals surface area contributed by atoms with Crippen LogP contribution in [0.5, 0.6) is 5.75 Å². The molecule has 0 spiro atoms. The van der Waals surface area contributed by atoms with E-state index in [1.54, 1.807) is 0 Å². The average molecular weight is 242 g/mol. The summed E-state index contributed by atoms with van der Waals surface area (Å²) in [6.45, 7) is 3.87. The number of aliphatic hydroxyl groups is 1. The molecule has 4 heteroatoms. The van der Waals surface area contributed by atoms with Gasteiger partial charge in [0.25, 0.3) is 0 Å². The predicted molar refractivity (Wildman–Crippen MR) is 59.8 cm³/mol. The van der Waals surface area contributed by atoms with Crippen molar-refractivity contribution < 1.29 is 18.6 Å². The topological polar surface area (TPSA) is 29.5 Å². The molecule has 94 valence electrons. The molecule has 0 radical (unpaired) electrons. The van der Waals surface area contributed by atoms with E-state index >= 15 is 0 Å². The summed E-state index contributed by atoms with van der Waals surface area (Å²) in [5, 5.41) is 9.70. The van der Waals surface area contributed by atoms with Gasteiger partial charge >= 0.3 is 0 Å². The maximum absolute atomic E-state index is 13.4. The molecule has 3 atom stereocenters. The molecule has 1 fully saturated rings. The van der Waals surface area contributed by atoms with Crippen LogP contribution in [-0.2, 0) is 0 Å². The van der Waals surface area contributed by atoms with Crippen LogP contribution in [-0.4, -0.2) is 17.3 Å². The van der Waals surface area contributed by atoms with E-state index in [-0.39, 0.29) is 17.3 Å². The summed E-state index contributed by atoms with van der Waals surface area (Å²) in [5.41, 5.74) is -0.346. The van der Waals surface area contributed by atoms with E-state index in [2.05, 4.69) is 0 Å². The first-order chi connectivity index (χ1) is 7.97. The first-order valence-corrected chi connectivity index (χ1v) is 5.77. The van der Waals surface area contributed by atoms with Crippen LogP contribution < -0.4 is 4.74 Å². The Bertz CT molecular complexity index is 422. The standard InChI is InChI=1S/C13H16F2O2/c1-3-13(2)11(16)7-12(13)17-10-5-4-8(14)6-9(10)15/h4-6,11-12,16H,3,7H2,1-2H3. The van der Waals surface area contributed by atoms with Gasteiger partial charge in [0, 0.05) is 17.9 Å². The van der Waals surface area contributed by atoms with Gasteiger partial charge in [-0.05, 0) is 18.6 Å². The maximum Gasteiger partial charge on any atom is 0.167 e. The predicted octanol–water partition coefficient (Wildman–Crippen LogP) is 2.89. The molecule has 1 aliphatic carbocycles. The lowest BCUT2D eigenvalue weighted by Crippen LogP contribution is -2.57. The van der Waals surface area contributed by atoms with Gasteiger partial charge in [0.15, 0.2) is 11.6 Å². The summed E-state index contributed by atoms with van der Waals surface area (Å²) in [6.07, 6.45) is 0.603. The minimum absolute atomic E-state index is 0.0444. The van der Waals surface area contributed by atoms with E-state index < -0.39 is 17.7 Å². The van der Waals surface area contributed by atoms with Crippen molar-refractivity contribution in [3.63, 3.8) is 0 Å². The summed E-state index contributed by atoms with van der Waals surface area (Å²) in [7, 11) is 0. The molecule has 0 amide bonds. The van der Waals surface area contributed by atoms with Crippen LogP contribution in [0.1, 0.15) is 26.7 Å². The van der Waals surface area contributed by atoms with Gasteiger partial charge in [0.2, 0.25) is 0 Å². The third-order valence-electron chi connectivity index (χ3n) is 3.86. The lowest BCUT2D eigenvalue weighted by atomic mass is 9.63. The quantitative estimate of drug-likeness (QED) is 0.883. The maximum atomic E-state index is 13.4. The molecule has 1 aromatic rings. The average Bonchev–Trinajstić information content (AvgIpc) is 2.30. The van der Waals surface area contributed by atoms with Crippen LogP contribution in [0.15, 0.2) is 18.2 Å². The summed E-state index contributed by atoms with van der Waals surface area (Å²) < 4.78 is 31.6. The highest BCUT2D eigenvalue weighted by Crippen LogP contribution is 2.46. The summed E-state index contributed by atoms with van der Waals surface area (Å²) in [5.74, 6) is -1.28. The smallest absolute Gasteiger partial charge is 0.167 e. The van der Waals surface area contributed by atoms with Crippen LogP contribution in [0, 0.1) is 17.0 Å². The van der Waals surface area contributed by atoms with Gasteiger partial charge in [-0.3, -0.25) is 0 Å². The third kappa shape index (κ3) is 2.02. The van der Waals surface area contributed by atoms with Gasteiger partial charge in [-0.25, -0.2) is 8.78 Å². The van der Waals surface area contributed by atoms with Crippen molar-refractivity contribution >= 4 is 0 Å². The first kappa shape index (κ1) is 12.3. The Morgan fingerprint density at radius 1 is 1.47 bits per heavy atom. The highest BCUT2D eigenvalue weighted by atomic mass is 19.1. The molecule has 1 aromatic carbocycles. The molecule has 2 nitrogen and oxygen atoms in total. The van der Waals surface area contributed by atoms with Gasteiger partial charge in [0.05, 0.1) is 6.10 Å². The van der Waals surface area contributed by atoms with Gasteiger partial charge in [-0.15, -0.1) is 0 Å². The van der Waals surface area contributed by atoms with Gasteiger partial charge < -0.3 is 9.84 Å². The van der Waals surface area contributed by atoms with E-state index in [1.165, 1.54) is 6.07 Å². The Labute approximate surface area is 99.2 Å². The number of aliphatic hydroxyl groups excluding tert-OH is 1. The fraction of sp³-hybridized carbons (Fsp3) is 0.538. The molecule has 0 aliphatic heterocycles. The first-order valence-electron chi connectivity index (χ1n) is 5.77. The van der Waals surface area contributed by atoms with Crippen LogP contribution in [0.25, 0.3) is 0 Å². The van der Waals surface area contributed by atoms with E-state index in [9.17, 15) is 13.9 Å². The van der Waals surface area contributed by atoms with Crippen LogP contribution in [0.2, 0.25) is 0 Å². The van der Waals surface area contributed by atoms with E-state index in [0.29, 0.717) is 6.42 Å². The zero-order valence-corrected chi connectivity index (χ0v) is 9.91. The monoisotopic (exact) mass is 242 g/mol. The lowest BCUT2D eigenvalue weighted by Gasteiger charge is -2.50. The fourth-order valence-electron chi connectivity index (χ4n) is 2.17. The number of hydrogen-bond acceptors (Lipinski definition) is 2. The Hall–Kier alpha value is -1.16. The largest absolute Gasteiger partial charge is 0.487 e. The van der Waals surface area contributed by atoms with Crippen molar-refractivity contribution in [3.05, 3.63) is 29.8 Å². The van der Waals surface area contributed by atoms with Crippen molar-refractivity contribution in [1.82, 2.24) is 0 Å². The molecule has 0 heterocycles. The van der Waals surface area contributed by atoms with Crippen molar-refractivity contribution in [2.24, 2.45) is 5.41 Å². The number of benzene rings is 1. The van der Waals surface area contributed by atoms with Gasteiger partial charge in [-0.2, -0.15) is 0 Å². The third-order valence-corrected chi connectivity index (χ3v) is 3.86. The van der Waals surface area contributed by atoms with Crippen molar-refractivity contribution in [3.8, 4) is 5.75 Å². The zero-order chi connectivity index (χ0) is 12.6. The Kier molecular flexibility index (Phi) is 3.08. The molecule has 2 rings (SSSR count). The van der Waals surface area contributed by atoms with Gasteiger partial charge in [-0.1, -0.05) is 13.8 Å². The molecule has 17 heavy (non-hydrogen) atoms. The summed E-state index contributed by atoms with van der Waals surface area (Å²) in [6, 6.07) is 3.25. The van der Waals surface area contributed by atoms with Crippen LogP contribution >= 0.6 is 0 Å². The molecular formula is C13H16F2O2. The van der Waals surface area contributed by atoms with E-state index in [0.717, 1.165) is 18.6 Å². The molecular weight excluding hydrogens is 226 g/mol. The minimum Gasteiger partial charge on any atom is -0.487 e. The second-order valence-corrected chi connectivity index (χ2v) is 4.79. The second-order valence-electron chi connectivity index (χ2n) is 4.79. The molecule has 0 saturated heterocycles. The second kappa shape index (κ2) is 4.26. The fourth-order valence-corrected chi connectivity index (χ4v) is 2.17. The summed E-state index contributed by atoms with van der Waals surface area (Å²) >= 11 is 0. The van der Waals surface area contributed by atoms with Crippen molar-refractivity contribution in [1.29, 1.82) is 0 Å². The molecule has 0 aromatic heterocycles. The van der Waals surface area contributed by atoms with E-state index in [1.807, 2.05) is 13.8 Å². The Morgan fingerprint density at radius 2 is 2.18 bits per heavy atom. The zero-order valence-electron chi connectivity index (χ0n) is 9.91. The number of halogens is 2. The molecule has 3 unspecified atom stereocenters. The molecule has 0 bridgehead atoms. The molecule has 1 aliphatic rings. The van der Waals surface area contributed by atoms with Crippen LogP contribution in [0.3, 0.4) is 0 Å². The summed E-state index contributed by atoms with van der Waals surface area (Å²) in [4.78, 5) is 0. The highest BCUT2D eigenvalue weighted by molar-refractivity contribution is 5.25. The van der Waals surface area contributed by atoms with Crippen LogP contribution in [0.4, 0.5) is 8.78 Å². The normalized spacial score (nSPS) is 32.1. The minimum atomic E-state index is -0.704. The number of ether oxygens (including phenoxy) is 1. The highest BCUT2D eigenvalue weighted by Gasteiger charge is 2.51. The Balaban J connectivity index is 2.12. The SMILES string of the molecule is CCC1(C)C(O)CC1Oc1ccc(F)cc1F. The molecule has 1 saturated carbocycles. The van der Waals surface area contributed by atoms with Crippen molar-refractivity contribution in [2.45, 2.75) is 38.9 Å². The number of hydrogen-bond donors (Lipinski definition) is 1. The molecule has 1 N–H and O–H groups in total. The lowest BCUT2D eigenvalue weighted by molar-refractivity contribution is -0.147. The number of rotatable bonds is 3. The Morgan fingerprint density at radius 3 is 2.71 bits per heavy atom. The van der Waals surface area contributed by atoms with Gasteiger partial charge in [0.1, 0.15) is 11.9 Å². The van der Waals surface area contributed by atoms with E-state index in [4.69, 9.17) is 4.74 Å². The van der Waals surface area contributed by atoms with Crippen molar-refractivity contribution in [2.75, 3.05) is 0 Å².